The summed E-state index contributed by atoms with van der Waals surface area (Å²) >= 11 is 1.63. The predicted octanol–water partition coefficient (Wildman–Crippen LogP) is 5.00. The Morgan fingerprint density at radius 1 is 1.04 bits per heavy atom. The van der Waals surface area contributed by atoms with Crippen molar-refractivity contribution >= 4 is 22.9 Å². The highest BCUT2D eigenvalue weighted by atomic mass is 32.1. The number of thiophene rings is 1. The fourth-order valence-electron chi connectivity index (χ4n) is 2.64. The number of ether oxygens (including phenoxy) is 2. The fraction of sp³-hybridized carbons (Fsp3) is 0.190. The molecule has 3 rings (SSSR count). The molecular formula is C21H21NO3S. The summed E-state index contributed by atoms with van der Waals surface area (Å²) in [6.07, 6.45) is 0. The van der Waals surface area contributed by atoms with E-state index in [0.717, 1.165) is 16.3 Å². The summed E-state index contributed by atoms with van der Waals surface area (Å²) in [6, 6.07) is 18.9. The standard InChI is InChI=1S/C21H21NO3S/c1-3-25-19-7-4-6-16(14-19)21(23)22(15-20-8-5-13-26-20)17-9-11-18(24-2)12-10-17/h4-14H,3,15H2,1-2H3. The topological polar surface area (TPSA) is 38.8 Å². The molecule has 3 aromatic rings. The fourth-order valence-corrected chi connectivity index (χ4v) is 3.34. The number of amides is 1. The van der Waals surface area contributed by atoms with Crippen molar-refractivity contribution in [3.8, 4) is 11.5 Å². The molecule has 1 amide bonds. The van der Waals surface area contributed by atoms with Crippen molar-refractivity contribution in [2.75, 3.05) is 18.6 Å². The van der Waals surface area contributed by atoms with Crippen LogP contribution < -0.4 is 14.4 Å². The van der Waals surface area contributed by atoms with Crippen molar-refractivity contribution in [1.29, 1.82) is 0 Å². The number of benzene rings is 2. The zero-order chi connectivity index (χ0) is 18.4. The molecule has 0 aliphatic carbocycles. The Morgan fingerprint density at radius 3 is 2.50 bits per heavy atom. The van der Waals surface area contributed by atoms with Crippen LogP contribution in [0.15, 0.2) is 66.0 Å². The van der Waals surface area contributed by atoms with Crippen molar-refractivity contribution in [1.82, 2.24) is 0 Å². The first-order valence-electron chi connectivity index (χ1n) is 8.42. The third-order valence-corrected chi connectivity index (χ3v) is 4.78. The summed E-state index contributed by atoms with van der Waals surface area (Å²) in [5.41, 5.74) is 1.43. The molecule has 0 aliphatic heterocycles. The molecule has 1 heterocycles. The maximum Gasteiger partial charge on any atom is 0.258 e. The second kappa shape index (κ2) is 8.54. The summed E-state index contributed by atoms with van der Waals surface area (Å²) in [5.74, 6) is 1.39. The third kappa shape index (κ3) is 4.24. The van der Waals surface area contributed by atoms with Crippen LogP contribution in [-0.4, -0.2) is 19.6 Å². The molecule has 1 aromatic heterocycles. The van der Waals surface area contributed by atoms with E-state index in [4.69, 9.17) is 9.47 Å². The molecule has 0 saturated heterocycles. The number of carbonyl (C=O) groups is 1. The lowest BCUT2D eigenvalue weighted by Gasteiger charge is -2.23. The zero-order valence-corrected chi connectivity index (χ0v) is 15.7. The molecule has 0 spiro atoms. The van der Waals surface area contributed by atoms with E-state index in [-0.39, 0.29) is 5.91 Å². The molecule has 0 unspecified atom stereocenters. The predicted molar refractivity (Wildman–Crippen MR) is 105 cm³/mol. The number of hydrogen-bond donors (Lipinski definition) is 0. The SMILES string of the molecule is CCOc1cccc(C(=O)N(Cc2cccs2)c2ccc(OC)cc2)c1. The van der Waals surface area contributed by atoms with Crippen molar-refractivity contribution in [3.63, 3.8) is 0 Å². The minimum atomic E-state index is -0.0647. The van der Waals surface area contributed by atoms with Crippen LogP contribution in [0.25, 0.3) is 0 Å². The largest absolute Gasteiger partial charge is 0.497 e. The summed E-state index contributed by atoms with van der Waals surface area (Å²) < 4.78 is 10.8. The number of methoxy groups -OCH3 is 1. The molecule has 0 saturated carbocycles. The maximum absolute atomic E-state index is 13.2. The first kappa shape index (κ1) is 18.0. The van der Waals surface area contributed by atoms with Crippen LogP contribution in [0, 0.1) is 0 Å². The summed E-state index contributed by atoms with van der Waals surface area (Å²) in [5, 5.41) is 2.02. The number of anilines is 1. The lowest BCUT2D eigenvalue weighted by atomic mass is 10.1. The van der Waals surface area contributed by atoms with Gasteiger partial charge in [-0.3, -0.25) is 4.79 Å². The maximum atomic E-state index is 13.2. The minimum Gasteiger partial charge on any atom is -0.497 e. The van der Waals surface area contributed by atoms with Crippen LogP contribution in [0.5, 0.6) is 11.5 Å². The first-order chi connectivity index (χ1) is 12.7. The third-order valence-electron chi connectivity index (χ3n) is 3.92. The molecule has 134 valence electrons. The Hall–Kier alpha value is -2.79. The highest BCUT2D eigenvalue weighted by molar-refractivity contribution is 7.09. The molecule has 5 heteroatoms. The van der Waals surface area contributed by atoms with Crippen molar-refractivity contribution < 1.29 is 14.3 Å². The van der Waals surface area contributed by atoms with E-state index in [1.807, 2.05) is 66.9 Å². The molecule has 0 bridgehead atoms. The number of carbonyl (C=O) groups excluding carboxylic acids is 1. The van der Waals surface area contributed by atoms with Crippen molar-refractivity contribution in [2.24, 2.45) is 0 Å². The molecule has 2 aromatic carbocycles. The minimum absolute atomic E-state index is 0.0647. The molecule has 0 atom stereocenters. The quantitative estimate of drug-likeness (QED) is 0.590. The van der Waals surface area contributed by atoms with Gasteiger partial charge in [0.05, 0.1) is 20.3 Å². The molecule has 0 aliphatic rings. The highest BCUT2D eigenvalue weighted by Gasteiger charge is 2.19. The molecule has 0 N–H and O–H groups in total. The Balaban J connectivity index is 1.93. The number of nitrogens with zero attached hydrogens (tertiary/aromatic N) is 1. The lowest BCUT2D eigenvalue weighted by molar-refractivity contribution is 0.0985. The molecule has 26 heavy (non-hydrogen) atoms. The van der Waals surface area contributed by atoms with Gasteiger partial charge < -0.3 is 14.4 Å². The van der Waals surface area contributed by atoms with Crippen LogP contribution >= 0.6 is 11.3 Å². The van der Waals surface area contributed by atoms with Crippen LogP contribution in [-0.2, 0) is 6.54 Å². The van der Waals surface area contributed by atoms with Crippen LogP contribution in [0.1, 0.15) is 22.2 Å². The van der Waals surface area contributed by atoms with E-state index in [1.165, 1.54) is 0 Å². The van der Waals surface area contributed by atoms with Gasteiger partial charge in [-0.05, 0) is 60.8 Å². The van der Waals surface area contributed by atoms with Crippen molar-refractivity contribution in [3.05, 3.63) is 76.5 Å². The average Bonchev–Trinajstić information content (AvgIpc) is 3.19. The van der Waals surface area contributed by atoms with Gasteiger partial charge >= 0.3 is 0 Å². The normalized spacial score (nSPS) is 10.4. The Labute approximate surface area is 157 Å². The van der Waals surface area contributed by atoms with Crippen LogP contribution in [0.2, 0.25) is 0 Å². The Kier molecular flexibility index (Phi) is 5.92. The molecular weight excluding hydrogens is 346 g/mol. The second-order valence-corrected chi connectivity index (χ2v) is 6.66. The van der Waals surface area contributed by atoms with Crippen molar-refractivity contribution in [2.45, 2.75) is 13.5 Å². The van der Waals surface area contributed by atoms with Gasteiger partial charge in [-0.25, -0.2) is 0 Å². The monoisotopic (exact) mass is 367 g/mol. The molecule has 4 nitrogen and oxygen atoms in total. The number of rotatable bonds is 7. The zero-order valence-electron chi connectivity index (χ0n) is 14.8. The van der Waals surface area contributed by atoms with E-state index in [1.54, 1.807) is 29.4 Å². The van der Waals surface area contributed by atoms with Gasteiger partial charge in [0.2, 0.25) is 0 Å². The van der Waals surface area contributed by atoms with Crippen LogP contribution in [0.4, 0.5) is 5.69 Å². The van der Waals surface area contributed by atoms with Gasteiger partial charge in [0.1, 0.15) is 11.5 Å². The van der Waals surface area contributed by atoms with Gasteiger partial charge in [-0.15, -0.1) is 11.3 Å². The summed E-state index contributed by atoms with van der Waals surface area (Å²) in [6.45, 7) is 3.01. The lowest BCUT2D eigenvalue weighted by Crippen LogP contribution is -2.30. The summed E-state index contributed by atoms with van der Waals surface area (Å²) in [4.78, 5) is 16.1. The van der Waals surface area contributed by atoms with E-state index in [0.29, 0.717) is 24.5 Å². The molecule has 0 radical (unpaired) electrons. The van der Waals surface area contributed by atoms with Gasteiger partial charge in [0.25, 0.3) is 5.91 Å². The highest BCUT2D eigenvalue weighted by Crippen LogP contribution is 2.25. The van der Waals surface area contributed by atoms with E-state index in [9.17, 15) is 4.79 Å². The van der Waals surface area contributed by atoms with Gasteiger partial charge in [0, 0.05) is 16.1 Å². The van der Waals surface area contributed by atoms with Gasteiger partial charge in [-0.1, -0.05) is 12.1 Å². The number of hydrogen-bond acceptors (Lipinski definition) is 4. The first-order valence-corrected chi connectivity index (χ1v) is 9.30. The van der Waals surface area contributed by atoms with Crippen LogP contribution in [0.3, 0.4) is 0 Å². The Bertz CT molecular complexity index is 844. The van der Waals surface area contributed by atoms with Gasteiger partial charge in [-0.2, -0.15) is 0 Å². The second-order valence-electron chi connectivity index (χ2n) is 5.63. The van der Waals surface area contributed by atoms with E-state index >= 15 is 0 Å². The Morgan fingerprint density at radius 2 is 1.85 bits per heavy atom. The average molecular weight is 367 g/mol. The smallest absolute Gasteiger partial charge is 0.258 e. The molecule has 0 fully saturated rings. The van der Waals surface area contributed by atoms with Gasteiger partial charge in [0.15, 0.2) is 0 Å². The van der Waals surface area contributed by atoms with E-state index in [2.05, 4.69) is 0 Å². The van der Waals surface area contributed by atoms with E-state index < -0.39 is 0 Å². The summed E-state index contributed by atoms with van der Waals surface area (Å²) in [7, 11) is 1.63.